The van der Waals surface area contributed by atoms with Gasteiger partial charge in [-0.05, 0) is 54.2 Å². The third-order valence-corrected chi connectivity index (χ3v) is 6.70. The third-order valence-electron chi connectivity index (χ3n) is 6.70. The number of piperazine rings is 1. The van der Waals surface area contributed by atoms with Crippen LogP contribution in [0.4, 0.5) is 0 Å². The topological polar surface area (TPSA) is 19.4 Å². The van der Waals surface area contributed by atoms with E-state index in [4.69, 9.17) is 4.98 Å². The van der Waals surface area contributed by atoms with Gasteiger partial charge in [-0.2, -0.15) is 0 Å². The summed E-state index contributed by atoms with van der Waals surface area (Å²) in [5.41, 5.74) is 6.92. The Morgan fingerprint density at radius 1 is 0.828 bits per heavy atom. The van der Waals surface area contributed by atoms with E-state index in [1.807, 2.05) is 6.20 Å². The number of rotatable bonds is 4. The molecule has 1 aliphatic heterocycles. The van der Waals surface area contributed by atoms with E-state index in [0.717, 1.165) is 45.6 Å². The molecule has 2 aromatic carbocycles. The normalized spacial score (nSPS) is 19.2. The Kier molecular flexibility index (Phi) is 4.94. The van der Waals surface area contributed by atoms with Gasteiger partial charge in [0.15, 0.2) is 0 Å². The highest BCUT2D eigenvalue weighted by molar-refractivity contribution is 5.40. The lowest BCUT2D eigenvalue weighted by Crippen LogP contribution is -2.56. The lowest BCUT2D eigenvalue weighted by Gasteiger charge is -2.46. The van der Waals surface area contributed by atoms with Gasteiger partial charge in [0.1, 0.15) is 0 Å². The van der Waals surface area contributed by atoms with Gasteiger partial charge in [0, 0.05) is 38.9 Å². The fourth-order valence-electron chi connectivity index (χ4n) is 5.13. The first-order chi connectivity index (χ1) is 14.2. The van der Waals surface area contributed by atoms with Crippen molar-refractivity contribution in [3.63, 3.8) is 0 Å². The molecule has 2 aliphatic rings. The lowest BCUT2D eigenvalue weighted by atomic mass is 9.87. The minimum absolute atomic E-state index is 0.00541. The largest absolute Gasteiger partial charge is 0.297 e. The van der Waals surface area contributed by atoms with Crippen LogP contribution in [0, 0.1) is 6.92 Å². The van der Waals surface area contributed by atoms with Crippen LogP contribution in [0.25, 0.3) is 0 Å². The highest BCUT2D eigenvalue weighted by Crippen LogP contribution is 2.42. The molecule has 148 valence electrons. The Morgan fingerprint density at radius 2 is 1.48 bits per heavy atom. The summed E-state index contributed by atoms with van der Waals surface area (Å²) in [7, 11) is 0. The van der Waals surface area contributed by atoms with E-state index in [9.17, 15) is 0 Å². The van der Waals surface area contributed by atoms with Crippen molar-refractivity contribution in [2.24, 2.45) is 0 Å². The van der Waals surface area contributed by atoms with E-state index in [2.05, 4.69) is 83.5 Å². The number of aryl methyl sites for hydroxylation is 1. The second-order valence-corrected chi connectivity index (χ2v) is 8.62. The van der Waals surface area contributed by atoms with Crippen molar-refractivity contribution in [2.75, 3.05) is 26.2 Å². The maximum Gasteiger partial charge on any atom is 0.0716 e. The molecule has 0 spiro atoms. The quantitative estimate of drug-likeness (QED) is 0.673. The van der Waals surface area contributed by atoms with E-state index in [1.165, 1.54) is 27.9 Å². The van der Waals surface area contributed by atoms with E-state index < -0.39 is 0 Å². The van der Waals surface area contributed by atoms with Crippen molar-refractivity contribution in [1.82, 2.24) is 14.8 Å². The van der Waals surface area contributed by atoms with Crippen LogP contribution in [0.3, 0.4) is 0 Å². The summed E-state index contributed by atoms with van der Waals surface area (Å²) in [6, 6.07) is 24.2. The maximum absolute atomic E-state index is 4.88. The first-order valence-corrected chi connectivity index (χ1v) is 10.7. The molecule has 3 nitrogen and oxygen atoms in total. The minimum atomic E-state index is -0.00541. The molecule has 0 bridgehead atoms. The molecule has 1 saturated heterocycles. The standard InChI is InChI=1S/C26H29N3/c1-21-11-12-27-25(17-21)26(18-23-9-5-6-10-24(23)19-26)29-15-13-28(14-16-29)20-22-7-3-2-4-8-22/h2-12,17H,13-16,18-20H2,1H3. The summed E-state index contributed by atoms with van der Waals surface area (Å²) in [5.74, 6) is 0. The van der Waals surface area contributed by atoms with Crippen molar-refractivity contribution in [3.05, 3.63) is 101 Å². The van der Waals surface area contributed by atoms with E-state index in [-0.39, 0.29) is 5.54 Å². The SMILES string of the molecule is Cc1ccnc(C2(N3CCN(Cc4ccccc4)CC3)Cc3ccccc3C2)c1. The van der Waals surface area contributed by atoms with E-state index in [1.54, 1.807) is 0 Å². The van der Waals surface area contributed by atoms with Crippen LogP contribution in [0.15, 0.2) is 72.9 Å². The minimum Gasteiger partial charge on any atom is -0.297 e. The molecule has 2 heterocycles. The zero-order valence-corrected chi connectivity index (χ0v) is 17.2. The average Bonchev–Trinajstić information content (AvgIpc) is 3.16. The fraction of sp³-hybridized carbons (Fsp3) is 0.346. The second-order valence-electron chi connectivity index (χ2n) is 8.62. The molecular weight excluding hydrogens is 354 g/mol. The highest BCUT2D eigenvalue weighted by Gasteiger charge is 2.45. The van der Waals surface area contributed by atoms with Crippen molar-refractivity contribution in [3.8, 4) is 0 Å². The monoisotopic (exact) mass is 383 g/mol. The van der Waals surface area contributed by atoms with Gasteiger partial charge in [-0.3, -0.25) is 14.8 Å². The lowest BCUT2D eigenvalue weighted by molar-refractivity contribution is 0.0291. The van der Waals surface area contributed by atoms with Gasteiger partial charge in [-0.25, -0.2) is 0 Å². The molecule has 1 aromatic heterocycles. The Labute approximate surface area is 174 Å². The zero-order chi connectivity index (χ0) is 19.7. The number of hydrogen-bond acceptors (Lipinski definition) is 3. The second kappa shape index (κ2) is 7.74. The van der Waals surface area contributed by atoms with Crippen LogP contribution in [0.1, 0.15) is 27.9 Å². The smallest absolute Gasteiger partial charge is 0.0716 e. The number of hydrogen-bond donors (Lipinski definition) is 0. The number of fused-ring (bicyclic) bond motifs is 1. The molecular formula is C26H29N3. The molecule has 0 atom stereocenters. The van der Waals surface area contributed by atoms with Crippen molar-refractivity contribution in [1.29, 1.82) is 0 Å². The number of aromatic nitrogens is 1. The Bertz CT molecular complexity index is 949. The average molecular weight is 384 g/mol. The summed E-state index contributed by atoms with van der Waals surface area (Å²) in [4.78, 5) is 10.2. The van der Waals surface area contributed by atoms with Gasteiger partial charge in [-0.1, -0.05) is 54.6 Å². The van der Waals surface area contributed by atoms with Crippen LogP contribution in [0.2, 0.25) is 0 Å². The number of nitrogens with zero attached hydrogens (tertiary/aromatic N) is 3. The van der Waals surface area contributed by atoms with E-state index >= 15 is 0 Å². The van der Waals surface area contributed by atoms with Gasteiger partial charge in [0.05, 0.1) is 11.2 Å². The molecule has 3 heteroatoms. The molecule has 0 radical (unpaired) electrons. The zero-order valence-electron chi connectivity index (χ0n) is 17.2. The number of pyridine rings is 1. The summed E-state index contributed by atoms with van der Waals surface area (Å²) in [6.45, 7) is 7.63. The van der Waals surface area contributed by atoms with Gasteiger partial charge in [0.25, 0.3) is 0 Å². The predicted octanol–water partition coefficient (Wildman–Crippen LogP) is 4.20. The summed E-state index contributed by atoms with van der Waals surface area (Å²) in [5, 5.41) is 0. The van der Waals surface area contributed by atoms with Crippen LogP contribution in [-0.2, 0) is 24.9 Å². The maximum atomic E-state index is 4.88. The van der Waals surface area contributed by atoms with Crippen LogP contribution >= 0.6 is 0 Å². The van der Waals surface area contributed by atoms with Gasteiger partial charge in [0.2, 0.25) is 0 Å². The van der Waals surface area contributed by atoms with Gasteiger partial charge < -0.3 is 0 Å². The highest BCUT2D eigenvalue weighted by atomic mass is 15.3. The van der Waals surface area contributed by atoms with Gasteiger partial charge in [-0.15, -0.1) is 0 Å². The van der Waals surface area contributed by atoms with Crippen molar-refractivity contribution < 1.29 is 0 Å². The first kappa shape index (κ1) is 18.5. The first-order valence-electron chi connectivity index (χ1n) is 10.7. The molecule has 0 unspecified atom stereocenters. The van der Waals surface area contributed by atoms with Crippen LogP contribution in [0.5, 0.6) is 0 Å². The van der Waals surface area contributed by atoms with Crippen LogP contribution in [-0.4, -0.2) is 41.0 Å². The van der Waals surface area contributed by atoms with Gasteiger partial charge >= 0.3 is 0 Å². The van der Waals surface area contributed by atoms with Crippen molar-refractivity contribution >= 4 is 0 Å². The summed E-state index contributed by atoms with van der Waals surface area (Å²) >= 11 is 0. The predicted molar refractivity (Wildman–Crippen MR) is 118 cm³/mol. The molecule has 0 saturated carbocycles. The molecule has 1 aliphatic carbocycles. The Morgan fingerprint density at radius 3 is 2.14 bits per heavy atom. The van der Waals surface area contributed by atoms with Crippen LogP contribution < -0.4 is 0 Å². The summed E-state index contributed by atoms with van der Waals surface area (Å²) < 4.78 is 0. The van der Waals surface area contributed by atoms with E-state index in [0.29, 0.717) is 0 Å². The molecule has 0 N–H and O–H groups in total. The Hall–Kier alpha value is -2.49. The molecule has 5 rings (SSSR count). The molecule has 29 heavy (non-hydrogen) atoms. The number of benzene rings is 2. The fourth-order valence-corrected chi connectivity index (χ4v) is 5.13. The summed E-state index contributed by atoms with van der Waals surface area (Å²) in [6.07, 6.45) is 4.12. The molecule has 3 aromatic rings. The Balaban J connectivity index is 1.39. The van der Waals surface area contributed by atoms with Crippen molar-refractivity contribution in [2.45, 2.75) is 31.8 Å². The molecule has 1 fully saturated rings. The third kappa shape index (κ3) is 3.61. The molecule has 0 amide bonds.